The molecular formula is C14H18ClN3O2. The normalized spacial score (nSPS) is 20.6. The molecule has 1 saturated heterocycles. The molecule has 0 aliphatic carbocycles. The van der Waals surface area contributed by atoms with E-state index in [1.807, 2.05) is 12.1 Å². The molecule has 108 valence electrons. The lowest BCUT2D eigenvalue weighted by Crippen LogP contribution is -2.36. The van der Waals surface area contributed by atoms with Crippen LogP contribution in [0.5, 0.6) is 0 Å². The monoisotopic (exact) mass is 295 g/mol. The zero-order valence-electron chi connectivity index (χ0n) is 11.1. The molecule has 5 nitrogen and oxygen atoms in total. The Morgan fingerprint density at radius 2 is 2.15 bits per heavy atom. The molecule has 1 aromatic carbocycles. The van der Waals surface area contributed by atoms with Crippen molar-refractivity contribution in [3.63, 3.8) is 0 Å². The molecular weight excluding hydrogens is 278 g/mol. The summed E-state index contributed by atoms with van der Waals surface area (Å²) in [4.78, 5) is 23.4. The number of halogens is 1. The van der Waals surface area contributed by atoms with Crippen molar-refractivity contribution in [1.29, 1.82) is 0 Å². The second-order valence-electron chi connectivity index (χ2n) is 5.08. The topological polar surface area (TPSA) is 70.2 Å². The van der Waals surface area contributed by atoms with E-state index in [9.17, 15) is 9.59 Å². The number of carbonyl (C=O) groups is 2. The van der Waals surface area contributed by atoms with Gasteiger partial charge in [0.25, 0.3) is 5.91 Å². The summed E-state index contributed by atoms with van der Waals surface area (Å²) >= 11 is 0. The van der Waals surface area contributed by atoms with E-state index >= 15 is 0 Å². The minimum Gasteiger partial charge on any atom is -0.348 e. The smallest absolute Gasteiger partial charge is 0.251 e. The number of hydrogen-bond donors (Lipinski definition) is 3. The second-order valence-corrected chi connectivity index (χ2v) is 5.08. The first-order chi connectivity index (χ1) is 9.22. The van der Waals surface area contributed by atoms with Crippen LogP contribution in [0.25, 0.3) is 0 Å². The summed E-state index contributed by atoms with van der Waals surface area (Å²) in [5.41, 5.74) is 2.54. The quantitative estimate of drug-likeness (QED) is 0.765. The van der Waals surface area contributed by atoms with E-state index in [0.717, 1.165) is 30.8 Å². The largest absolute Gasteiger partial charge is 0.348 e. The zero-order chi connectivity index (χ0) is 13.2. The number of aryl methyl sites for hydroxylation is 1. The average molecular weight is 296 g/mol. The molecule has 2 heterocycles. The molecule has 2 amide bonds. The minimum atomic E-state index is -0.0339. The lowest BCUT2D eigenvalue weighted by Gasteiger charge is -2.18. The predicted molar refractivity (Wildman–Crippen MR) is 79.4 cm³/mol. The van der Waals surface area contributed by atoms with Crippen molar-refractivity contribution in [3.05, 3.63) is 29.3 Å². The first-order valence-electron chi connectivity index (χ1n) is 6.67. The summed E-state index contributed by atoms with van der Waals surface area (Å²) in [6.45, 7) is 1.80. The Morgan fingerprint density at radius 1 is 1.30 bits per heavy atom. The standard InChI is InChI=1S/C14H17N3O2.ClH/c18-13-4-2-9-7-10(1-3-12(9)17-13)14(19)16-11-5-6-15-8-11;/h1,3,7,11,15H,2,4-6,8H2,(H,16,19)(H,17,18);1H. The van der Waals surface area contributed by atoms with Crippen LogP contribution in [-0.4, -0.2) is 30.9 Å². The molecule has 0 bridgehead atoms. The van der Waals surface area contributed by atoms with Crippen LogP contribution in [0.4, 0.5) is 5.69 Å². The Kier molecular flexibility index (Phi) is 4.62. The molecule has 3 rings (SSSR count). The van der Waals surface area contributed by atoms with Crippen LogP contribution in [0.3, 0.4) is 0 Å². The number of nitrogens with one attached hydrogen (secondary N) is 3. The average Bonchev–Trinajstić information content (AvgIpc) is 2.91. The van der Waals surface area contributed by atoms with E-state index in [1.54, 1.807) is 6.07 Å². The van der Waals surface area contributed by atoms with Gasteiger partial charge in [0.2, 0.25) is 5.91 Å². The molecule has 0 spiro atoms. The van der Waals surface area contributed by atoms with Gasteiger partial charge < -0.3 is 16.0 Å². The van der Waals surface area contributed by atoms with Gasteiger partial charge in [-0.25, -0.2) is 0 Å². The highest BCUT2D eigenvalue weighted by Gasteiger charge is 2.20. The summed E-state index contributed by atoms with van der Waals surface area (Å²) in [5, 5.41) is 9.06. The van der Waals surface area contributed by atoms with Crippen LogP contribution in [0.15, 0.2) is 18.2 Å². The fourth-order valence-corrected chi connectivity index (χ4v) is 2.57. The van der Waals surface area contributed by atoms with Crippen LogP contribution in [0.2, 0.25) is 0 Å². The Morgan fingerprint density at radius 3 is 2.90 bits per heavy atom. The van der Waals surface area contributed by atoms with Gasteiger partial charge in [-0.3, -0.25) is 9.59 Å². The van der Waals surface area contributed by atoms with Gasteiger partial charge in [0.05, 0.1) is 0 Å². The van der Waals surface area contributed by atoms with E-state index in [-0.39, 0.29) is 30.3 Å². The highest BCUT2D eigenvalue weighted by Crippen LogP contribution is 2.23. The van der Waals surface area contributed by atoms with Gasteiger partial charge >= 0.3 is 0 Å². The minimum absolute atomic E-state index is 0. The van der Waals surface area contributed by atoms with Crippen molar-refractivity contribution >= 4 is 29.9 Å². The van der Waals surface area contributed by atoms with Crippen LogP contribution in [0.1, 0.15) is 28.8 Å². The third-order valence-corrected chi connectivity index (χ3v) is 3.66. The van der Waals surface area contributed by atoms with E-state index in [4.69, 9.17) is 0 Å². The van der Waals surface area contributed by atoms with Gasteiger partial charge in [-0.05, 0) is 43.1 Å². The summed E-state index contributed by atoms with van der Waals surface area (Å²) in [7, 11) is 0. The Bertz CT molecular complexity index is 527. The molecule has 3 N–H and O–H groups in total. The number of amides is 2. The van der Waals surface area contributed by atoms with Gasteiger partial charge in [-0.15, -0.1) is 12.4 Å². The fourth-order valence-electron chi connectivity index (χ4n) is 2.57. The Labute approximate surface area is 123 Å². The highest BCUT2D eigenvalue weighted by molar-refractivity contribution is 5.98. The maximum Gasteiger partial charge on any atom is 0.251 e. The molecule has 1 aromatic rings. The van der Waals surface area contributed by atoms with Crippen LogP contribution < -0.4 is 16.0 Å². The molecule has 0 radical (unpaired) electrons. The van der Waals surface area contributed by atoms with E-state index in [2.05, 4.69) is 16.0 Å². The summed E-state index contributed by atoms with van der Waals surface area (Å²) < 4.78 is 0. The van der Waals surface area contributed by atoms with Crippen LogP contribution in [0, 0.1) is 0 Å². The van der Waals surface area contributed by atoms with Gasteiger partial charge in [-0.2, -0.15) is 0 Å². The molecule has 2 aliphatic rings. The predicted octanol–water partition coefficient (Wildman–Crippen LogP) is 1.08. The third kappa shape index (κ3) is 3.11. The molecule has 1 fully saturated rings. The number of hydrogen-bond acceptors (Lipinski definition) is 3. The van der Waals surface area contributed by atoms with Crippen molar-refractivity contribution < 1.29 is 9.59 Å². The lowest BCUT2D eigenvalue weighted by molar-refractivity contribution is -0.116. The van der Waals surface area contributed by atoms with Crippen LogP contribution >= 0.6 is 12.4 Å². The van der Waals surface area contributed by atoms with Crippen molar-refractivity contribution in [2.75, 3.05) is 18.4 Å². The third-order valence-electron chi connectivity index (χ3n) is 3.66. The number of anilines is 1. The first-order valence-corrected chi connectivity index (χ1v) is 6.67. The summed E-state index contributed by atoms with van der Waals surface area (Å²) in [5.74, 6) is 0.00938. The number of benzene rings is 1. The SMILES string of the molecule is Cl.O=C1CCc2cc(C(=O)NC3CCNC3)ccc2N1. The Hall–Kier alpha value is -1.59. The highest BCUT2D eigenvalue weighted by atomic mass is 35.5. The van der Waals surface area contributed by atoms with Crippen molar-refractivity contribution in [2.24, 2.45) is 0 Å². The van der Waals surface area contributed by atoms with E-state index < -0.39 is 0 Å². The second kappa shape index (κ2) is 6.24. The van der Waals surface area contributed by atoms with Gasteiger partial charge in [0.1, 0.15) is 0 Å². The number of rotatable bonds is 2. The number of carbonyl (C=O) groups excluding carboxylic acids is 2. The first kappa shape index (κ1) is 14.8. The summed E-state index contributed by atoms with van der Waals surface area (Å²) in [6.07, 6.45) is 2.17. The maximum atomic E-state index is 12.1. The Balaban J connectivity index is 0.00000147. The van der Waals surface area contributed by atoms with E-state index in [0.29, 0.717) is 18.4 Å². The fraction of sp³-hybridized carbons (Fsp3) is 0.429. The molecule has 0 saturated carbocycles. The lowest BCUT2D eigenvalue weighted by atomic mass is 10.00. The van der Waals surface area contributed by atoms with Crippen molar-refractivity contribution in [2.45, 2.75) is 25.3 Å². The molecule has 1 atom stereocenters. The number of fused-ring (bicyclic) bond motifs is 1. The van der Waals surface area contributed by atoms with Gasteiger partial charge in [-0.1, -0.05) is 0 Å². The molecule has 1 unspecified atom stereocenters. The van der Waals surface area contributed by atoms with Crippen molar-refractivity contribution in [1.82, 2.24) is 10.6 Å². The maximum absolute atomic E-state index is 12.1. The van der Waals surface area contributed by atoms with Gasteiger partial charge in [0.15, 0.2) is 0 Å². The molecule has 0 aromatic heterocycles. The van der Waals surface area contributed by atoms with Crippen LogP contribution in [-0.2, 0) is 11.2 Å². The molecule has 20 heavy (non-hydrogen) atoms. The molecule has 2 aliphatic heterocycles. The zero-order valence-corrected chi connectivity index (χ0v) is 11.9. The van der Waals surface area contributed by atoms with Gasteiger partial charge in [0, 0.05) is 30.3 Å². The molecule has 6 heteroatoms. The van der Waals surface area contributed by atoms with Crippen molar-refractivity contribution in [3.8, 4) is 0 Å². The summed E-state index contributed by atoms with van der Waals surface area (Å²) in [6, 6.07) is 5.69. The van der Waals surface area contributed by atoms with E-state index in [1.165, 1.54) is 0 Å².